The van der Waals surface area contributed by atoms with Crippen LogP contribution >= 0.6 is 0 Å². The number of hydrogen-bond acceptors (Lipinski definition) is 9. The van der Waals surface area contributed by atoms with Gasteiger partial charge in [-0.05, 0) is 75.1 Å². The van der Waals surface area contributed by atoms with E-state index in [9.17, 15) is 13.7 Å². The quantitative estimate of drug-likeness (QED) is 0.244. The van der Waals surface area contributed by atoms with Gasteiger partial charge in [0.05, 0.1) is 24.2 Å². The number of terminal acetylenes is 1. The summed E-state index contributed by atoms with van der Waals surface area (Å²) in [6.45, 7) is 3.74. The number of benzene rings is 2. The van der Waals surface area contributed by atoms with Gasteiger partial charge in [-0.3, -0.25) is 14.1 Å². The van der Waals surface area contributed by atoms with E-state index in [1.54, 1.807) is 0 Å². The molecule has 2 aromatic carbocycles. The monoisotopic (exact) mass is 701 g/mol. The van der Waals surface area contributed by atoms with E-state index in [4.69, 9.17) is 20.9 Å². The number of anilines is 1. The highest BCUT2D eigenvalue weighted by molar-refractivity contribution is 7.85. The van der Waals surface area contributed by atoms with Gasteiger partial charge in [0.2, 0.25) is 0 Å². The summed E-state index contributed by atoms with van der Waals surface area (Å²) < 4.78 is 56.6. The number of ether oxygens (including phenoxy) is 2. The Balaban J connectivity index is 1.20. The van der Waals surface area contributed by atoms with Crippen molar-refractivity contribution in [3.63, 3.8) is 0 Å². The number of hydrogen-bond donors (Lipinski definition) is 1. The molecular formula is C38H41F2N5O4S. The van der Waals surface area contributed by atoms with Crippen LogP contribution in [0.25, 0.3) is 32.9 Å². The summed E-state index contributed by atoms with van der Waals surface area (Å²) in [4.78, 5) is 18.8. The molecule has 4 atom stereocenters. The number of likely N-dealkylation sites (tertiary alicyclic amines) is 1. The fourth-order valence-electron chi connectivity index (χ4n) is 8.93. The molecule has 1 aliphatic carbocycles. The highest BCUT2D eigenvalue weighted by atomic mass is 32.2. The van der Waals surface area contributed by atoms with Crippen LogP contribution in [0.2, 0.25) is 0 Å². The van der Waals surface area contributed by atoms with E-state index in [0.717, 1.165) is 69.4 Å². The first-order valence-corrected chi connectivity index (χ1v) is 19.2. The summed E-state index contributed by atoms with van der Waals surface area (Å²) in [7, 11) is -0.767. The van der Waals surface area contributed by atoms with Gasteiger partial charge in [-0.25, -0.2) is 8.78 Å². The molecule has 1 N–H and O–H groups in total. The van der Waals surface area contributed by atoms with Crippen LogP contribution in [-0.2, 0) is 15.5 Å². The molecule has 9 nitrogen and oxygen atoms in total. The topological polar surface area (TPSA) is 101 Å². The SMILES string of the molecule is C#Cc1c(F)ccc2cc(O)cc(-c3ncc4c(N5CCCOCC5)nc(OCC56CCCC5N(C5CCCS(=O)C5)CCC6)nc4c3F)c12. The largest absolute Gasteiger partial charge is 0.508 e. The number of pyridine rings is 1. The second-order valence-corrected chi connectivity index (χ2v) is 15.8. The Kier molecular flexibility index (Phi) is 9.08. The second kappa shape index (κ2) is 13.7. The minimum absolute atomic E-state index is 0.0192. The van der Waals surface area contributed by atoms with E-state index < -0.39 is 22.4 Å². The number of halogens is 2. The lowest BCUT2D eigenvalue weighted by Crippen LogP contribution is -2.57. The van der Waals surface area contributed by atoms with Gasteiger partial charge in [-0.1, -0.05) is 18.4 Å². The lowest BCUT2D eigenvalue weighted by atomic mass is 9.75. The van der Waals surface area contributed by atoms with Crippen LogP contribution in [0.4, 0.5) is 14.6 Å². The molecule has 4 unspecified atom stereocenters. The van der Waals surface area contributed by atoms with Crippen molar-refractivity contribution in [3.8, 4) is 35.4 Å². The van der Waals surface area contributed by atoms with Crippen molar-refractivity contribution in [1.82, 2.24) is 19.9 Å². The van der Waals surface area contributed by atoms with Crippen LogP contribution in [0.3, 0.4) is 0 Å². The Hall–Kier alpha value is -3.92. The van der Waals surface area contributed by atoms with E-state index in [-0.39, 0.29) is 44.9 Å². The number of piperidine rings is 1. The summed E-state index contributed by atoms with van der Waals surface area (Å²) in [6.07, 6.45) is 15.4. The molecule has 0 amide bonds. The summed E-state index contributed by atoms with van der Waals surface area (Å²) in [5.41, 5.74) is -0.0637. The minimum Gasteiger partial charge on any atom is -0.508 e. The van der Waals surface area contributed by atoms with Crippen molar-refractivity contribution in [2.75, 3.05) is 55.9 Å². The first-order valence-electron chi connectivity index (χ1n) is 17.7. The maximum atomic E-state index is 16.9. The van der Waals surface area contributed by atoms with Crippen LogP contribution in [-0.4, -0.2) is 92.2 Å². The number of fused-ring (bicyclic) bond motifs is 3. The summed E-state index contributed by atoms with van der Waals surface area (Å²) in [5.74, 6) is 2.94. The van der Waals surface area contributed by atoms with Gasteiger partial charge in [-0.2, -0.15) is 9.97 Å². The zero-order chi connectivity index (χ0) is 34.4. The van der Waals surface area contributed by atoms with Gasteiger partial charge in [0.15, 0.2) is 5.82 Å². The molecule has 2 aromatic heterocycles. The maximum Gasteiger partial charge on any atom is 0.319 e. The van der Waals surface area contributed by atoms with Crippen molar-refractivity contribution in [3.05, 3.63) is 47.7 Å². The van der Waals surface area contributed by atoms with E-state index in [2.05, 4.69) is 25.7 Å². The standard InChI is InChI=1S/C38H41F2N5O4S/c1-2-27-30(39)10-9-24-19-26(46)20-28(32(24)27)34-33(40)35-29(21-41-34)36(44-13-6-16-48-17-15-44)43-37(42-35)49-23-38-11-3-8-31(38)45(14-5-12-38)25-7-4-18-50(47)22-25/h1,9-10,19-21,25,31,46H,3-8,11-18,22-23H2. The molecule has 3 saturated heterocycles. The highest BCUT2D eigenvalue weighted by Crippen LogP contribution is 2.49. The van der Waals surface area contributed by atoms with E-state index in [1.807, 2.05) is 0 Å². The van der Waals surface area contributed by atoms with Crippen molar-refractivity contribution in [2.45, 2.75) is 63.5 Å². The lowest BCUT2D eigenvalue weighted by Gasteiger charge is -2.49. The molecule has 3 aliphatic heterocycles. The van der Waals surface area contributed by atoms with Gasteiger partial charge in [0, 0.05) is 76.6 Å². The Morgan fingerprint density at radius 1 is 1.08 bits per heavy atom. The number of rotatable bonds is 6. The van der Waals surface area contributed by atoms with Gasteiger partial charge in [0.25, 0.3) is 0 Å². The molecule has 4 fully saturated rings. The van der Waals surface area contributed by atoms with Gasteiger partial charge in [0.1, 0.15) is 28.6 Å². The Labute approximate surface area is 292 Å². The third-order valence-electron chi connectivity index (χ3n) is 11.2. The average Bonchev–Trinajstić information content (AvgIpc) is 3.37. The number of phenols is 1. The number of nitrogens with zero attached hydrogens (tertiary/aromatic N) is 5. The van der Waals surface area contributed by atoms with Crippen LogP contribution < -0.4 is 9.64 Å². The molecule has 0 bridgehead atoms. The lowest BCUT2D eigenvalue weighted by molar-refractivity contribution is -0.0203. The van der Waals surface area contributed by atoms with E-state index in [1.165, 1.54) is 30.5 Å². The van der Waals surface area contributed by atoms with Crippen LogP contribution in [0, 0.1) is 29.4 Å². The second-order valence-electron chi connectivity index (χ2n) is 14.1. The normalized spacial score (nSPS) is 26.1. The molecule has 50 heavy (non-hydrogen) atoms. The molecule has 8 rings (SSSR count). The molecule has 12 heteroatoms. The average molecular weight is 702 g/mol. The maximum absolute atomic E-state index is 16.9. The van der Waals surface area contributed by atoms with Gasteiger partial charge < -0.3 is 19.5 Å². The smallest absolute Gasteiger partial charge is 0.319 e. The van der Waals surface area contributed by atoms with E-state index in [0.29, 0.717) is 61.6 Å². The summed E-state index contributed by atoms with van der Waals surface area (Å²) in [5, 5.41) is 11.8. The molecule has 5 heterocycles. The van der Waals surface area contributed by atoms with Gasteiger partial charge in [-0.15, -0.1) is 6.42 Å². The number of aromatic hydroxyl groups is 1. The van der Waals surface area contributed by atoms with Crippen LogP contribution in [0.15, 0.2) is 30.5 Å². The van der Waals surface area contributed by atoms with Crippen molar-refractivity contribution >= 4 is 38.3 Å². The molecule has 0 spiro atoms. The van der Waals surface area contributed by atoms with Gasteiger partial charge >= 0.3 is 6.01 Å². The van der Waals surface area contributed by atoms with Crippen LogP contribution in [0.1, 0.15) is 56.9 Å². The zero-order valence-corrected chi connectivity index (χ0v) is 28.8. The summed E-state index contributed by atoms with van der Waals surface area (Å²) in [6, 6.07) is 6.28. The van der Waals surface area contributed by atoms with E-state index >= 15 is 4.39 Å². The first-order chi connectivity index (χ1) is 24.3. The molecule has 4 aromatic rings. The van der Waals surface area contributed by atoms with Crippen molar-refractivity contribution < 1.29 is 27.6 Å². The fourth-order valence-corrected chi connectivity index (χ4v) is 10.4. The third kappa shape index (κ3) is 5.97. The predicted octanol–water partition coefficient (Wildman–Crippen LogP) is 5.96. The Bertz CT molecular complexity index is 2020. The number of phenolic OH excluding ortho intramolecular Hbond substituents is 1. The first kappa shape index (κ1) is 33.2. The molecular weight excluding hydrogens is 661 g/mol. The third-order valence-corrected chi connectivity index (χ3v) is 12.7. The van der Waals surface area contributed by atoms with Crippen molar-refractivity contribution in [1.29, 1.82) is 0 Å². The fraction of sp³-hybridized carbons (Fsp3) is 0.500. The summed E-state index contributed by atoms with van der Waals surface area (Å²) >= 11 is 0. The van der Waals surface area contributed by atoms with Crippen molar-refractivity contribution in [2.24, 2.45) is 5.41 Å². The highest BCUT2D eigenvalue weighted by Gasteiger charge is 2.50. The molecule has 4 aliphatic rings. The molecule has 0 radical (unpaired) electrons. The molecule has 262 valence electrons. The van der Waals surface area contributed by atoms with Crippen LogP contribution in [0.5, 0.6) is 11.8 Å². The Morgan fingerprint density at radius 2 is 1.96 bits per heavy atom. The minimum atomic E-state index is -0.767. The molecule has 1 saturated carbocycles. The zero-order valence-electron chi connectivity index (χ0n) is 28.0. The Morgan fingerprint density at radius 3 is 2.82 bits per heavy atom. The number of aromatic nitrogens is 3. The predicted molar refractivity (Wildman–Crippen MR) is 190 cm³/mol.